The number of hydrogen-bond donors (Lipinski definition) is 2. The number of hydrogen-bond acceptors (Lipinski definition) is 4. The van der Waals surface area contributed by atoms with Crippen molar-refractivity contribution in [2.45, 2.75) is 32.7 Å². The Morgan fingerprint density at radius 1 is 1.13 bits per heavy atom. The maximum atomic E-state index is 12.7. The fourth-order valence-corrected chi connectivity index (χ4v) is 4.27. The number of carbonyl (C=O) groups excluding carboxylic acids is 1. The van der Waals surface area contributed by atoms with Crippen LogP contribution in [0.5, 0.6) is 0 Å². The lowest BCUT2D eigenvalue weighted by Crippen LogP contribution is -2.42. The fraction of sp³-hybridized carbons (Fsp3) is 0.333. The molecule has 0 fully saturated rings. The zero-order valence-electron chi connectivity index (χ0n) is 17.6. The average Bonchev–Trinajstić information content (AvgIpc) is 2.73. The van der Waals surface area contributed by atoms with Gasteiger partial charge in [0.2, 0.25) is 0 Å². The normalized spacial score (nSPS) is 15.4. The number of carbonyl (C=O) groups is 2. The van der Waals surface area contributed by atoms with Crippen molar-refractivity contribution >= 4 is 29.4 Å². The van der Waals surface area contributed by atoms with Crippen molar-refractivity contribution in [2.75, 3.05) is 19.3 Å². The lowest BCUT2D eigenvalue weighted by atomic mass is 9.97. The first-order chi connectivity index (χ1) is 14.4. The van der Waals surface area contributed by atoms with Crippen molar-refractivity contribution in [2.24, 2.45) is 0 Å². The third-order valence-corrected chi connectivity index (χ3v) is 6.35. The highest BCUT2D eigenvalue weighted by atomic mass is 32.2. The Balaban J connectivity index is 1.69. The van der Waals surface area contributed by atoms with Crippen LogP contribution in [0.1, 0.15) is 39.0 Å². The molecular weight excluding hydrogens is 396 g/mol. The third kappa shape index (κ3) is 5.32. The van der Waals surface area contributed by atoms with E-state index < -0.39 is 12.0 Å². The molecule has 1 amide bonds. The summed E-state index contributed by atoms with van der Waals surface area (Å²) in [5, 5.41) is 12.3. The van der Waals surface area contributed by atoms with Crippen LogP contribution in [0.25, 0.3) is 5.57 Å². The van der Waals surface area contributed by atoms with Crippen molar-refractivity contribution in [3.05, 3.63) is 76.4 Å². The molecule has 0 radical (unpaired) electrons. The third-order valence-electron chi connectivity index (χ3n) is 5.51. The van der Waals surface area contributed by atoms with E-state index in [1.807, 2.05) is 56.3 Å². The molecule has 6 heteroatoms. The molecule has 2 N–H and O–H groups in total. The molecule has 1 unspecified atom stereocenters. The van der Waals surface area contributed by atoms with E-state index in [-0.39, 0.29) is 12.3 Å². The molecule has 0 spiro atoms. The predicted octanol–water partition coefficient (Wildman–Crippen LogP) is 4.10. The van der Waals surface area contributed by atoms with Gasteiger partial charge in [0.15, 0.2) is 0 Å². The van der Waals surface area contributed by atoms with E-state index in [1.165, 1.54) is 11.1 Å². The molecule has 0 saturated heterocycles. The van der Waals surface area contributed by atoms with Crippen LogP contribution >= 0.6 is 11.9 Å². The molecule has 0 aliphatic carbocycles. The second-order valence-corrected chi connectivity index (χ2v) is 8.46. The Bertz CT molecular complexity index is 933. The van der Waals surface area contributed by atoms with Gasteiger partial charge < -0.3 is 10.4 Å². The summed E-state index contributed by atoms with van der Waals surface area (Å²) in [4.78, 5) is 24.5. The first-order valence-electron chi connectivity index (χ1n) is 10.1. The highest BCUT2D eigenvalue weighted by Crippen LogP contribution is 2.25. The summed E-state index contributed by atoms with van der Waals surface area (Å²) >= 11 is 1.76. The minimum atomic E-state index is -1.04. The van der Waals surface area contributed by atoms with Crippen LogP contribution in [-0.2, 0) is 11.2 Å². The number of carboxylic acids is 1. The van der Waals surface area contributed by atoms with Crippen LogP contribution in [0.15, 0.2) is 48.5 Å². The van der Waals surface area contributed by atoms with Gasteiger partial charge in [-0.15, -0.1) is 0 Å². The average molecular weight is 425 g/mol. The van der Waals surface area contributed by atoms with Gasteiger partial charge in [0.25, 0.3) is 5.91 Å². The Morgan fingerprint density at radius 2 is 1.80 bits per heavy atom. The summed E-state index contributed by atoms with van der Waals surface area (Å²) in [7, 11) is 0. The molecule has 1 aliphatic heterocycles. The van der Waals surface area contributed by atoms with E-state index >= 15 is 0 Å². The number of nitrogens with one attached hydrogen (secondary N) is 1. The number of amides is 1. The summed E-state index contributed by atoms with van der Waals surface area (Å²) < 4.78 is 2.31. The smallest absolute Gasteiger partial charge is 0.326 e. The van der Waals surface area contributed by atoms with Crippen LogP contribution in [0.3, 0.4) is 0 Å². The van der Waals surface area contributed by atoms with Gasteiger partial charge >= 0.3 is 5.97 Å². The maximum absolute atomic E-state index is 12.7. The monoisotopic (exact) mass is 424 g/mol. The maximum Gasteiger partial charge on any atom is 0.326 e. The quantitative estimate of drug-likeness (QED) is 0.655. The SMILES string of the molecule is CSN1CC=C(c2ccc(CC(NC(=O)c3c(C)cccc3C)C(=O)O)cc2)CC1. The first-order valence-corrected chi connectivity index (χ1v) is 11.2. The zero-order chi connectivity index (χ0) is 21.7. The molecule has 1 aliphatic rings. The number of aliphatic carboxylic acids is 1. The van der Waals surface area contributed by atoms with Crippen LogP contribution < -0.4 is 5.32 Å². The highest BCUT2D eigenvalue weighted by molar-refractivity contribution is 7.96. The van der Waals surface area contributed by atoms with E-state index in [1.54, 1.807) is 11.9 Å². The molecule has 1 atom stereocenters. The number of benzene rings is 2. The van der Waals surface area contributed by atoms with Gasteiger partial charge in [-0.1, -0.05) is 60.5 Å². The zero-order valence-corrected chi connectivity index (χ0v) is 18.5. The second kappa shape index (κ2) is 9.96. The van der Waals surface area contributed by atoms with E-state index in [2.05, 4.69) is 22.0 Å². The summed E-state index contributed by atoms with van der Waals surface area (Å²) in [6, 6.07) is 12.6. The Kier molecular flexibility index (Phi) is 7.34. The van der Waals surface area contributed by atoms with Crippen LogP contribution in [-0.4, -0.2) is 46.7 Å². The van der Waals surface area contributed by atoms with Gasteiger partial charge in [-0.25, -0.2) is 9.10 Å². The molecule has 2 aromatic carbocycles. The standard InChI is InChI=1S/C24H28N2O3S/c1-16-5-4-6-17(2)22(16)23(27)25-21(24(28)29)15-18-7-9-19(10-8-18)20-11-13-26(30-3)14-12-20/h4-11,21H,12-15H2,1-3H3,(H,25,27)(H,28,29). The molecule has 5 nitrogen and oxygen atoms in total. The van der Waals surface area contributed by atoms with Gasteiger partial charge in [0, 0.05) is 25.1 Å². The second-order valence-electron chi connectivity index (χ2n) is 7.58. The lowest BCUT2D eigenvalue weighted by molar-refractivity contribution is -0.139. The molecule has 158 valence electrons. The number of aryl methyl sites for hydroxylation is 2. The van der Waals surface area contributed by atoms with Gasteiger partial charge in [0.1, 0.15) is 6.04 Å². The van der Waals surface area contributed by atoms with E-state index in [4.69, 9.17) is 0 Å². The molecule has 30 heavy (non-hydrogen) atoms. The van der Waals surface area contributed by atoms with Gasteiger partial charge in [-0.3, -0.25) is 4.79 Å². The lowest BCUT2D eigenvalue weighted by Gasteiger charge is -2.24. The van der Waals surface area contributed by atoms with Crippen molar-refractivity contribution in [1.29, 1.82) is 0 Å². The summed E-state index contributed by atoms with van der Waals surface area (Å²) in [6.45, 7) is 5.67. The summed E-state index contributed by atoms with van der Waals surface area (Å²) in [5.74, 6) is -1.38. The number of rotatable bonds is 7. The first kappa shape index (κ1) is 22.1. The van der Waals surface area contributed by atoms with E-state index in [0.29, 0.717) is 5.56 Å². The number of nitrogens with zero attached hydrogens (tertiary/aromatic N) is 1. The predicted molar refractivity (Wildman–Crippen MR) is 123 cm³/mol. The van der Waals surface area contributed by atoms with Crippen molar-refractivity contribution < 1.29 is 14.7 Å². The van der Waals surface area contributed by atoms with Crippen LogP contribution in [0, 0.1) is 13.8 Å². The topological polar surface area (TPSA) is 69.6 Å². The Labute approximate surface area is 182 Å². The molecular formula is C24H28N2O3S. The van der Waals surface area contributed by atoms with Gasteiger partial charge in [-0.05, 0) is 54.4 Å². The highest BCUT2D eigenvalue weighted by Gasteiger charge is 2.23. The minimum absolute atomic E-state index is 0.242. The van der Waals surface area contributed by atoms with Crippen molar-refractivity contribution in [3.63, 3.8) is 0 Å². The summed E-state index contributed by atoms with van der Waals surface area (Å²) in [5.41, 5.74) is 5.59. The molecule has 0 bridgehead atoms. The summed E-state index contributed by atoms with van der Waals surface area (Å²) in [6.07, 6.45) is 5.58. The Hall–Kier alpha value is -2.57. The van der Waals surface area contributed by atoms with Crippen LogP contribution in [0.2, 0.25) is 0 Å². The fourth-order valence-electron chi connectivity index (χ4n) is 3.77. The van der Waals surface area contributed by atoms with E-state index in [0.717, 1.165) is 36.2 Å². The van der Waals surface area contributed by atoms with Gasteiger partial charge in [-0.2, -0.15) is 0 Å². The number of carboxylic acid groups (broad SMARTS) is 1. The Morgan fingerprint density at radius 3 is 2.33 bits per heavy atom. The minimum Gasteiger partial charge on any atom is -0.480 e. The largest absolute Gasteiger partial charge is 0.480 e. The van der Waals surface area contributed by atoms with E-state index in [9.17, 15) is 14.7 Å². The molecule has 2 aromatic rings. The molecule has 3 rings (SSSR count). The molecule has 0 saturated carbocycles. The molecule has 1 heterocycles. The van der Waals surface area contributed by atoms with Crippen molar-refractivity contribution in [3.8, 4) is 0 Å². The van der Waals surface area contributed by atoms with Crippen LogP contribution in [0.4, 0.5) is 0 Å². The molecule has 0 aromatic heterocycles. The van der Waals surface area contributed by atoms with Crippen molar-refractivity contribution in [1.82, 2.24) is 9.62 Å². The van der Waals surface area contributed by atoms with Gasteiger partial charge in [0.05, 0.1) is 0 Å².